The molecule has 4 aromatic rings. The van der Waals surface area contributed by atoms with E-state index >= 15 is 0 Å². The van der Waals surface area contributed by atoms with Crippen LogP contribution in [0.1, 0.15) is 15.9 Å². The van der Waals surface area contributed by atoms with Crippen molar-refractivity contribution in [2.24, 2.45) is 5.10 Å². The molecule has 0 aliphatic carbocycles. The molecule has 0 unspecified atom stereocenters. The number of amides is 1. The van der Waals surface area contributed by atoms with Crippen LogP contribution in [0.2, 0.25) is 0 Å². The number of hydrogen-bond acceptors (Lipinski definition) is 6. The molecular formula is C23H19N3O4. The number of nitrogens with one attached hydrogen (secondary N) is 1. The molecule has 0 saturated heterocycles. The first kappa shape index (κ1) is 19.2. The molecule has 0 aliphatic heterocycles. The summed E-state index contributed by atoms with van der Waals surface area (Å²) in [4.78, 5) is 17.5. The largest absolute Gasteiger partial charge is 0.497 e. The Morgan fingerprint density at radius 3 is 2.70 bits per heavy atom. The number of ether oxygens (including phenoxy) is 2. The number of furan rings is 1. The minimum Gasteiger partial charge on any atom is -0.497 e. The Labute approximate surface area is 173 Å². The summed E-state index contributed by atoms with van der Waals surface area (Å²) < 4.78 is 16.0. The third-order valence-electron chi connectivity index (χ3n) is 4.54. The predicted molar refractivity (Wildman–Crippen MR) is 114 cm³/mol. The molecule has 7 nitrogen and oxygen atoms in total. The van der Waals surface area contributed by atoms with Gasteiger partial charge < -0.3 is 13.9 Å². The predicted octanol–water partition coefficient (Wildman–Crippen LogP) is 4.28. The van der Waals surface area contributed by atoms with Gasteiger partial charge in [0.15, 0.2) is 5.76 Å². The first-order chi connectivity index (χ1) is 14.7. The van der Waals surface area contributed by atoms with Gasteiger partial charge in [-0.15, -0.1) is 0 Å². The van der Waals surface area contributed by atoms with E-state index in [0.717, 1.165) is 5.39 Å². The third-order valence-corrected chi connectivity index (χ3v) is 4.54. The summed E-state index contributed by atoms with van der Waals surface area (Å²) in [6.45, 7) is 0. The van der Waals surface area contributed by atoms with Gasteiger partial charge >= 0.3 is 0 Å². The van der Waals surface area contributed by atoms with Crippen LogP contribution in [0, 0.1) is 0 Å². The summed E-state index contributed by atoms with van der Waals surface area (Å²) in [5.41, 5.74) is 4.96. The van der Waals surface area contributed by atoms with Gasteiger partial charge in [0, 0.05) is 10.9 Å². The summed E-state index contributed by atoms with van der Waals surface area (Å²) in [6, 6.07) is 18.0. The van der Waals surface area contributed by atoms with E-state index in [2.05, 4.69) is 15.5 Å². The lowest BCUT2D eigenvalue weighted by Gasteiger charge is -2.08. The van der Waals surface area contributed by atoms with E-state index < -0.39 is 0 Å². The highest BCUT2D eigenvalue weighted by molar-refractivity contribution is 6.07. The minimum absolute atomic E-state index is 0.362. The summed E-state index contributed by atoms with van der Waals surface area (Å²) in [5, 5.41) is 4.82. The lowest BCUT2D eigenvalue weighted by molar-refractivity contribution is 0.0956. The molecule has 150 valence electrons. The molecule has 2 heterocycles. The lowest BCUT2D eigenvalue weighted by Crippen LogP contribution is -2.18. The van der Waals surface area contributed by atoms with Crippen LogP contribution in [0.4, 0.5) is 0 Å². The van der Waals surface area contributed by atoms with E-state index in [4.69, 9.17) is 13.9 Å². The fourth-order valence-electron chi connectivity index (χ4n) is 3.07. The number of para-hydroxylation sites is 1. The molecule has 4 rings (SSSR count). The van der Waals surface area contributed by atoms with Gasteiger partial charge in [0.25, 0.3) is 5.91 Å². The van der Waals surface area contributed by atoms with Gasteiger partial charge in [0.1, 0.15) is 17.2 Å². The maximum Gasteiger partial charge on any atom is 0.272 e. The van der Waals surface area contributed by atoms with Crippen molar-refractivity contribution in [3.8, 4) is 23.0 Å². The van der Waals surface area contributed by atoms with E-state index in [1.54, 1.807) is 56.9 Å². The van der Waals surface area contributed by atoms with E-state index in [0.29, 0.717) is 39.6 Å². The molecule has 0 spiro atoms. The molecule has 30 heavy (non-hydrogen) atoms. The molecule has 2 aromatic carbocycles. The second-order valence-corrected chi connectivity index (χ2v) is 6.36. The van der Waals surface area contributed by atoms with Gasteiger partial charge in [0.2, 0.25) is 0 Å². The Balaban J connectivity index is 1.65. The maximum absolute atomic E-state index is 12.9. The molecule has 0 bridgehead atoms. The van der Waals surface area contributed by atoms with Gasteiger partial charge in [0.05, 0.1) is 37.8 Å². The molecule has 0 saturated carbocycles. The van der Waals surface area contributed by atoms with E-state index in [1.165, 1.54) is 6.21 Å². The standard InChI is InChI=1S/C23H19N3O4/c1-28-16-9-10-21(29-2)15(12-16)14-24-26-23(27)18-13-20(22-8-5-11-30-22)25-19-7-4-3-6-17(18)19/h3-14H,1-2H3,(H,26,27)/b24-14+. The van der Waals surface area contributed by atoms with Crippen molar-refractivity contribution in [1.82, 2.24) is 10.4 Å². The third kappa shape index (κ3) is 3.86. The van der Waals surface area contributed by atoms with E-state index in [9.17, 15) is 4.79 Å². The summed E-state index contributed by atoms with van der Waals surface area (Å²) in [6.07, 6.45) is 3.08. The SMILES string of the molecule is COc1ccc(OC)c(/C=N/NC(=O)c2cc(-c3ccco3)nc3ccccc23)c1. The minimum atomic E-state index is -0.362. The number of fused-ring (bicyclic) bond motifs is 1. The number of methoxy groups -OCH3 is 2. The maximum atomic E-state index is 12.9. The van der Waals surface area contributed by atoms with Crippen LogP contribution in [0.3, 0.4) is 0 Å². The molecule has 0 atom stereocenters. The average molecular weight is 401 g/mol. The van der Waals surface area contributed by atoms with Crippen LogP contribution in [-0.2, 0) is 0 Å². The Morgan fingerprint density at radius 1 is 1.07 bits per heavy atom. The summed E-state index contributed by atoms with van der Waals surface area (Å²) in [5.74, 6) is 1.49. The second-order valence-electron chi connectivity index (χ2n) is 6.36. The van der Waals surface area contributed by atoms with E-state index in [-0.39, 0.29) is 5.91 Å². The first-order valence-corrected chi connectivity index (χ1v) is 9.18. The van der Waals surface area contributed by atoms with Gasteiger partial charge in [-0.1, -0.05) is 18.2 Å². The lowest BCUT2D eigenvalue weighted by atomic mass is 10.1. The number of hydrazone groups is 1. The van der Waals surface area contributed by atoms with Gasteiger partial charge in [-0.25, -0.2) is 10.4 Å². The Bertz CT molecular complexity index is 1220. The zero-order valence-corrected chi connectivity index (χ0v) is 16.5. The molecule has 2 aromatic heterocycles. The van der Waals surface area contributed by atoms with Crippen LogP contribution in [0.25, 0.3) is 22.4 Å². The Hall–Kier alpha value is -4.13. The van der Waals surface area contributed by atoms with Crippen molar-refractivity contribution in [3.05, 3.63) is 78.1 Å². The van der Waals surface area contributed by atoms with Crippen LogP contribution >= 0.6 is 0 Å². The van der Waals surface area contributed by atoms with Gasteiger partial charge in [-0.2, -0.15) is 5.10 Å². The van der Waals surface area contributed by atoms with Gasteiger partial charge in [-0.3, -0.25) is 4.79 Å². The topological polar surface area (TPSA) is 86.0 Å². The van der Waals surface area contributed by atoms with Gasteiger partial charge in [-0.05, 0) is 42.5 Å². The fourth-order valence-corrected chi connectivity index (χ4v) is 3.07. The van der Waals surface area contributed by atoms with Crippen LogP contribution in [0.5, 0.6) is 11.5 Å². The Morgan fingerprint density at radius 2 is 1.93 bits per heavy atom. The van der Waals surface area contributed by atoms with Crippen molar-refractivity contribution in [2.75, 3.05) is 14.2 Å². The number of rotatable bonds is 6. The van der Waals surface area contributed by atoms with Crippen LogP contribution in [0.15, 0.2) is 76.4 Å². The highest BCUT2D eigenvalue weighted by atomic mass is 16.5. The molecule has 7 heteroatoms. The zero-order chi connectivity index (χ0) is 20.9. The second kappa shape index (κ2) is 8.48. The van der Waals surface area contributed by atoms with Crippen LogP contribution in [-0.4, -0.2) is 31.3 Å². The number of aromatic nitrogens is 1. The molecule has 0 aliphatic rings. The fraction of sp³-hybridized carbons (Fsp3) is 0.0870. The molecule has 1 N–H and O–H groups in total. The molecule has 0 radical (unpaired) electrons. The number of nitrogens with zero attached hydrogens (tertiary/aromatic N) is 2. The Kier molecular flexibility index (Phi) is 5.43. The van der Waals surface area contributed by atoms with Crippen molar-refractivity contribution in [1.29, 1.82) is 0 Å². The summed E-state index contributed by atoms with van der Waals surface area (Å²) in [7, 11) is 3.15. The monoisotopic (exact) mass is 401 g/mol. The quantitative estimate of drug-likeness (QED) is 0.385. The van der Waals surface area contributed by atoms with Crippen molar-refractivity contribution < 1.29 is 18.7 Å². The number of benzene rings is 2. The summed E-state index contributed by atoms with van der Waals surface area (Å²) >= 11 is 0. The molecule has 0 fully saturated rings. The van der Waals surface area contributed by atoms with Crippen molar-refractivity contribution in [2.45, 2.75) is 0 Å². The highest BCUT2D eigenvalue weighted by Gasteiger charge is 2.14. The number of carbonyl (C=O) groups excluding carboxylic acids is 1. The number of hydrogen-bond donors (Lipinski definition) is 1. The van der Waals surface area contributed by atoms with Crippen molar-refractivity contribution in [3.63, 3.8) is 0 Å². The highest BCUT2D eigenvalue weighted by Crippen LogP contribution is 2.25. The normalized spacial score (nSPS) is 11.0. The number of carbonyl (C=O) groups is 1. The van der Waals surface area contributed by atoms with Crippen LogP contribution < -0.4 is 14.9 Å². The first-order valence-electron chi connectivity index (χ1n) is 9.18. The number of pyridine rings is 1. The molecule has 1 amide bonds. The molecular weight excluding hydrogens is 382 g/mol. The smallest absolute Gasteiger partial charge is 0.272 e. The van der Waals surface area contributed by atoms with Crippen molar-refractivity contribution >= 4 is 23.0 Å². The average Bonchev–Trinajstić information content (AvgIpc) is 3.33. The van der Waals surface area contributed by atoms with E-state index in [1.807, 2.05) is 24.3 Å². The zero-order valence-electron chi connectivity index (χ0n) is 16.5.